The van der Waals surface area contributed by atoms with Crippen molar-refractivity contribution in [2.75, 3.05) is 6.61 Å². The summed E-state index contributed by atoms with van der Waals surface area (Å²) in [5, 5.41) is 11.8. The smallest absolute Gasteiger partial charge is 0.213 e. The molecular weight excluding hydrogens is 108 g/mol. The van der Waals surface area contributed by atoms with Crippen LogP contribution in [-0.2, 0) is 6.42 Å². The van der Waals surface area contributed by atoms with E-state index in [0.29, 0.717) is 12.2 Å². The van der Waals surface area contributed by atoms with Gasteiger partial charge in [-0.2, -0.15) is 4.98 Å². The Bertz CT molecular complexity index is 138. The molecule has 0 saturated heterocycles. The fourth-order valence-corrected chi connectivity index (χ4v) is 0.403. The summed E-state index contributed by atoms with van der Waals surface area (Å²) in [4.78, 5) is 3.67. The first-order valence-corrected chi connectivity index (χ1v) is 2.29. The molecule has 0 aliphatic carbocycles. The molecule has 0 fully saturated rings. The summed E-state index contributed by atoms with van der Waals surface area (Å²) in [6, 6.07) is 0. The highest BCUT2D eigenvalue weighted by molar-refractivity contribution is 4.76. The molecule has 1 aromatic rings. The monoisotopic (exact) mass is 114 g/mol. The fourth-order valence-electron chi connectivity index (χ4n) is 0.403. The van der Waals surface area contributed by atoms with Crippen LogP contribution in [0.25, 0.3) is 0 Å². The van der Waals surface area contributed by atoms with E-state index in [0.717, 1.165) is 0 Å². The molecule has 0 aliphatic rings. The van der Waals surface area contributed by atoms with Crippen LogP contribution >= 0.6 is 0 Å². The average molecular weight is 114 g/mol. The second kappa shape index (κ2) is 2.42. The van der Waals surface area contributed by atoms with Crippen molar-refractivity contribution in [3.05, 3.63) is 12.2 Å². The SMILES string of the molecule is OCCc1ncon1. The van der Waals surface area contributed by atoms with Gasteiger partial charge in [0.2, 0.25) is 6.39 Å². The second-order valence-electron chi connectivity index (χ2n) is 1.32. The van der Waals surface area contributed by atoms with Crippen molar-refractivity contribution < 1.29 is 9.63 Å². The van der Waals surface area contributed by atoms with Gasteiger partial charge in [0.25, 0.3) is 0 Å². The molecule has 0 aromatic carbocycles. The summed E-state index contributed by atoms with van der Waals surface area (Å²) in [6.07, 6.45) is 1.71. The highest BCUT2D eigenvalue weighted by Crippen LogP contribution is 1.86. The predicted molar refractivity (Wildman–Crippen MR) is 25.1 cm³/mol. The van der Waals surface area contributed by atoms with Crippen LogP contribution in [-0.4, -0.2) is 21.9 Å². The lowest BCUT2D eigenvalue weighted by molar-refractivity contribution is 0.293. The van der Waals surface area contributed by atoms with Crippen molar-refractivity contribution >= 4 is 0 Å². The molecule has 0 amide bonds. The number of nitrogens with zero attached hydrogens (tertiary/aromatic N) is 2. The molecule has 0 aliphatic heterocycles. The van der Waals surface area contributed by atoms with E-state index in [1.165, 1.54) is 6.39 Å². The van der Waals surface area contributed by atoms with Crippen LogP contribution in [0.5, 0.6) is 0 Å². The minimum absolute atomic E-state index is 0.0690. The van der Waals surface area contributed by atoms with E-state index in [1.54, 1.807) is 0 Å². The van der Waals surface area contributed by atoms with E-state index in [-0.39, 0.29) is 6.61 Å². The van der Waals surface area contributed by atoms with Gasteiger partial charge < -0.3 is 9.63 Å². The minimum atomic E-state index is 0.0690. The third kappa shape index (κ3) is 1.04. The lowest BCUT2D eigenvalue weighted by Crippen LogP contribution is -1.91. The first-order chi connectivity index (χ1) is 3.93. The summed E-state index contributed by atoms with van der Waals surface area (Å²) >= 11 is 0. The van der Waals surface area contributed by atoms with Crippen molar-refractivity contribution in [2.45, 2.75) is 6.42 Å². The Morgan fingerprint density at radius 2 is 2.62 bits per heavy atom. The van der Waals surface area contributed by atoms with Gasteiger partial charge in [-0.3, -0.25) is 0 Å². The lowest BCUT2D eigenvalue weighted by Gasteiger charge is -1.81. The van der Waals surface area contributed by atoms with Gasteiger partial charge in [-0.1, -0.05) is 5.16 Å². The van der Waals surface area contributed by atoms with Crippen LogP contribution in [0.15, 0.2) is 10.9 Å². The topological polar surface area (TPSA) is 59.2 Å². The maximum absolute atomic E-state index is 8.32. The molecule has 0 atom stereocenters. The summed E-state index contributed by atoms with van der Waals surface area (Å²) in [7, 11) is 0. The Morgan fingerprint density at radius 1 is 1.75 bits per heavy atom. The molecule has 0 bridgehead atoms. The minimum Gasteiger partial charge on any atom is -0.396 e. The quantitative estimate of drug-likeness (QED) is 0.568. The number of rotatable bonds is 2. The van der Waals surface area contributed by atoms with E-state index in [4.69, 9.17) is 5.11 Å². The lowest BCUT2D eigenvalue weighted by atomic mass is 10.4. The first-order valence-electron chi connectivity index (χ1n) is 2.29. The molecular formula is C4H6N2O2. The number of aliphatic hydroxyl groups excluding tert-OH is 1. The maximum atomic E-state index is 8.32. The van der Waals surface area contributed by atoms with Crippen LogP contribution in [0, 0.1) is 0 Å². The molecule has 0 unspecified atom stereocenters. The second-order valence-corrected chi connectivity index (χ2v) is 1.32. The van der Waals surface area contributed by atoms with Crippen molar-refractivity contribution in [1.29, 1.82) is 0 Å². The molecule has 0 saturated carbocycles. The van der Waals surface area contributed by atoms with Gasteiger partial charge in [-0.05, 0) is 0 Å². The van der Waals surface area contributed by atoms with Gasteiger partial charge in [-0.15, -0.1) is 0 Å². The highest BCUT2D eigenvalue weighted by Gasteiger charge is 1.92. The van der Waals surface area contributed by atoms with E-state index < -0.39 is 0 Å². The number of aliphatic hydroxyl groups is 1. The normalized spacial score (nSPS) is 9.62. The Balaban J connectivity index is 2.50. The molecule has 1 heterocycles. The van der Waals surface area contributed by atoms with Gasteiger partial charge in [0.15, 0.2) is 5.82 Å². The number of aromatic nitrogens is 2. The molecule has 1 N–H and O–H groups in total. The zero-order valence-corrected chi connectivity index (χ0v) is 4.24. The summed E-state index contributed by atoms with van der Waals surface area (Å²) in [5.74, 6) is 0.549. The van der Waals surface area contributed by atoms with Crippen molar-refractivity contribution in [2.24, 2.45) is 0 Å². The van der Waals surface area contributed by atoms with Crippen molar-refractivity contribution in [3.8, 4) is 0 Å². The molecule has 44 valence electrons. The molecule has 1 aromatic heterocycles. The standard InChI is InChI=1S/C4H6N2O2/c7-2-1-4-5-3-8-6-4/h3,7H,1-2H2. The largest absolute Gasteiger partial charge is 0.396 e. The van der Waals surface area contributed by atoms with Crippen molar-refractivity contribution in [3.63, 3.8) is 0 Å². The van der Waals surface area contributed by atoms with Gasteiger partial charge in [-0.25, -0.2) is 0 Å². The summed E-state index contributed by atoms with van der Waals surface area (Å²) in [6.45, 7) is 0.0690. The fraction of sp³-hybridized carbons (Fsp3) is 0.500. The van der Waals surface area contributed by atoms with Crippen LogP contribution in [0.2, 0.25) is 0 Å². The molecule has 4 nitrogen and oxygen atoms in total. The number of hydrogen-bond acceptors (Lipinski definition) is 4. The maximum Gasteiger partial charge on any atom is 0.213 e. The predicted octanol–water partition coefficient (Wildman–Crippen LogP) is -0.396. The van der Waals surface area contributed by atoms with Gasteiger partial charge in [0.1, 0.15) is 0 Å². The summed E-state index contributed by atoms with van der Waals surface area (Å²) in [5.41, 5.74) is 0. The molecule has 0 radical (unpaired) electrons. The van der Waals surface area contributed by atoms with Crippen LogP contribution in [0.1, 0.15) is 5.82 Å². The van der Waals surface area contributed by atoms with E-state index in [9.17, 15) is 0 Å². The Labute approximate surface area is 46.1 Å². The molecule has 4 heteroatoms. The van der Waals surface area contributed by atoms with Crippen molar-refractivity contribution in [1.82, 2.24) is 10.1 Å². The van der Waals surface area contributed by atoms with E-state index in [1.807, 2.05) is 0 Å². The molecule has 0 spiro atoms. The zero-order chi connectivity index (χ0) is 5.82. The van der Waals surface area contributed by atoms with Gasteiger partial charge in [0, 0.05) is 6.42 Å². The molecule has 1 rings (SSSR count). The summed E-state index contributed by atoms with van der Waals surface area (Å²) < 4.78 is 4.39. The Morgan fingerprint density at radius 3 is 3.12 bits per heavy atom. The number of hydrogen-bond donors (Lipinski definition) is 1. The van der Waals surface area contributed by atoms with Crippen LogP contribution < -0.4 is 0 Å². The highest BCUT2D eigenvalue weighted by atomic mass is 16.5. The van der Waals surface area contributed by atoms with E-state index in [2.05, 4.69) is 14.7 Å². The molecule has 8 heavy (non-hydrogen) atoms. The zero-order valence-electron chi connectivity index (χ0n) is 4.24. The third-order valence-corrected chi connectivity index (χ3v) is 0.742. The van der Waals surface area contributed by atoms with Gasteiger partial charge >= 0.3 is 0 Å². The first kappa shape index (κ1) is 5.24. The third-order valence-electron chi connectivity index (χ3n) is 0.742. The average Bonchev–Trinajstić information content (AvgIpc) is 2.19. The Hall–Kier alpha value is -0.900. The van der Waals surface area contributed by atoms with Crippen LogP contribution in [0.4, 0.5) is 0 Å². The Kier molecular flexibility index (Phi) is 1.58. The van der Waals surface area contributed by atoms with Gasteiger partial charge in [0.05, 0.1) is 6.61 Å². The van der Waals surface area contributed by atoms with E-state index >= 15 is 0 Å². The van der Waals surface area contributed by atoms with Crippen LogP contribution in [0.3, 0.4) is 0 Å².